The predicted octanol–water partition coefficient (Wildman–Crippen LogP) is 5.72. The van der Waals surface area contributed by atoms with E-state index in [0.717, 1.165) is 37.0 Å². The lowest BCUT2D eigenvalue weighted by molar-refractivity contribution is -0.214. The van der Waals surface area contributed by atoms with Crippen LogP contribution >= 0.6 is 0 Å². The molecule has 0 saturated heterocycles. The van der Waals surface area contributed by atoms with Gasteiger partial charge in [0.15, 0.2) is 0 Å². The minimum Gasteiger partial charge on any atom is -0.392 e. The van der Waals surface area contributed by atoms with Crippen molar-refractivity contribution in [2.75, 3.05) is 0 Å². The number of rotatable bonds is 1. The molecule has 2 heteroatoms. The molecule has 0 heterocycles. The Morgan fingerprint density at radius 3 is 2.29 bits per heavy atom. The zero-order valence-electron chi connectivity index (χ0n) is 18.4. The lowest BCUT2D eigenvalue weighted by atomic mass is 9.36. The van der Waals surface area contributed by atoms with E-state index in [1.54, 1.807) is 0 Å². The van der Waals surface area contributed by atoms with Crippen molar-refractivity contribution in [1.82, 2.24) is 0 Å². The van der Waals surface area contributed by atoms with Crippen LogP contribution in [0.3, 0.4) is 0 Å². The molecule has 5 rings (SSSR count). The SMILES string of the molecule is C=CC1(C)C(O)CC[C@@]2(C)C1CCC1(C)C3CCC4(O)CCCC4C3CCC12. The number of hydrogen-bond donors (Lipinski definition) is 2. The summed E-state index contributed by atoms with van der Waals surface area (Å²) in [5.74, 6) is 3.44. The third-order valence-corrected chi connectivity index (χ3v) is 11.6. The Kier molecular flexibility index (Phi) is 4.27. The lowest BCUT2D eigenvalue weighted by Gasteiger charge is -2.69. The number of aliphatic hydroxyl groups is 2. The quantitative estimate of drug-likeness (QED) is 0.566. The fourth-order valence-electron chi connectivity index (χ4n) is 10.2. The summed E-state index contributed by atoms with van der Waals surface area (Å²) in [6.45, 7) is 11.7. The highest BCUT2D eigenvalue weighted by Crippen LogP contribution is 2.72. The average molecular weight is 387 g/mol. The molecule has 0 radical (unpaired) electrons. The average Bonchev–Trinajstić information content (AvgIpc) is 3.06. The molecule has 9 unspecified atom stereocenters. The van der Waals surface area contributed by atoms with E-state index < -0.39 is 0 Å². The Hall–Kier alpha value is -0.340. The van der Waals surface area contributed by atoms with E-state index in [9.17, 15) is 10.2 Å². The normalized spacial score (nSPS) is 60.9. The summed E-state index contributed by atoms with van der Waals surface area (Å²) in [7, 11) is 0. The van der Waals surface area contributed by atoms with Crippen LogP contribution in [0, 0.1) is 45.8 Å². The Morgan fingerprint density at radius 1 is 0.786 bits per heavy atom. The molecule has 0 bridgehead atoms. The molecule has 0 aromatic heterocycles. The summed E-state index contributed by atoms with van der Waals surface area (Å²) in [6.07, 6.45) is 15.0. The molecule has 5 saturated carbocycles. The van der Waals surface area contributed by atoms with Crippen molar-refractivity contribution in [2.45, 2.75) is 103 Å². The number of aliphatic hydroxyl groups excluding tert-OH is 1. The van der Waals surface area contributed by atoms with Gasteiger partial charge in [-0.1, -0.05) is 33.3 Å². The summed E-state index contributed by atoms with van der Waals surface area (Å²) < 4.78 is 0. The van der Waals surface area contributed by atoms with Crippen LogP contribution in [0.15, 0.2) is 12.7 Å². The van der Waals surface area contributed by atoms with Gasteiger partial charge in [-0.2, -0.15) is 0 Å². The van der Waals surface area contributed by atoms with Gasteiger partial charge >= 0.3 is 0 Å². The largest absolute Gasteiger partial charge is 0.392 e. The molecule has 0 spiro atoms. The minimum atomic E-state index is -0.332. The van der Waals surface area contributed by atoms with Crippen LogP contribution in [0.5, 0.6) is 0 Å². The van der Waals surface area contributed by atoms with Crippen LogP contribution in [0.2, 0.25) is 0 Å². The van der Waals surface area contributed by atoms with Crippen LogP contribution in [0.1, 0.15) is 91.4 Å². The standard InChI is InChI=1S/C26H42O2/c1-5-23(2)21-11-14-24(3)18-10-16-26(28)13-6-7-19(26)17(18)8-9-20(24)25(21,4)15-12-22(23)27/h5,17-22,27-28H,1,6-16H2,2-4H3/t17?,18?,19?,20?,21?,22?,23?,24?,25-,26?/m1/s1. The van der Waals surface area contributed by atoms with Gasteiger partial charge in [0.25, 0.3) is 0 Å². The maximum Gasteiger partial charge on any atom is 0.0678 e. The van der Waals surface area contributed by atoms with Gasteiger partial charge in [-0.3, -0.25) is 0 Å². The van der Waals surface area contributed by atoms with Gasteiger partial charge in [0.2, 0.25) is 0 Å². The molecule has 28 heavy (non-hydrogen) atoms. The predicted molar refractivity (Wildman–Crippen MR) is 114 cm³/mol. The highest BCUT2D eigenvalue weighted by atomic mass is 16.3. The monoisotopic (exact) mass is 386 g/mol. The van der Waals surface area contributed by atoms with E-state index >= 15 is 0 Å². The van der Waals surface area contributed by atoms with E-state index in [0.29, 0.717) is 22.7 Å². The van der Waals surface area contributed by atoms with Crippen molar-refractivity contribution < 1.29 is 10.2 Å². The first-order chi connectivity index (χ1) is 13.2. The molecule has 158 valence electrons. The molecular weight excluding hydrogens is 344 g/mol. The first-order valence-electron chi connectivity index (χ1n) is 12.2. The zero-order valence-corrected chi connectivity index (χ0v) is 18.4. The van der Waals surface area contributed by atoms with Crippen LogP contribution in [-0.4, -0.2) is 21.9 Å². The highest BCUT2D eigenvalue weighted by molar-refractivity contribution is 5.18. The van der Waals surface area contributed by atoms with E-state index in [1.165, 1.54) is 51.4 Å². The third-order valence-electron chi connectivity index (χ3n) is 11.6. The summed E-state index contributed by atoms with van der Waals surface area (Å²) in [4.78, 5) is 0. The van der Waals surface area contributed by atoms with Crippen molar-refractivity contribution in [1.29, 1.82) is 0 Å². The van der Waals surface area contributed by atoms with Crippen LogP contribution in [-0.2, 0) is 0 Å². The zero-order chi connectivity index (χ0) is 19.9. The van der Waals surface area contributed by atoms with Crippen LogP contribution in [0.25, 0.3) is 0 Å². The highest BCUT2D eigenvalue weighted by Gasteiger charge is 2.66. The Bertz CT molecular complexity index is 659. The Balaban J connectivity index is 1.49. The van der Waals surface area contributed by atoms with Gasteiger partial charge in [0, 0.05) is 5.41 Å². The molecule has 0 aromatic carbocycles. The summed E-state index contributed by atoms with van der Waals surface area (Å²) >= 11 is 0. The van der Waals surface area contributed by atoms with Crippen molar-refractivity contribution in [2.24, 2.45) is 45.8 Å². The van der Waals surface area contributed by atoms with Gasteiger partial charge in [0.05, 0.1) is 11.7 Å². The van der Waals surface area contributed by atoms with Crippen molar-refractivity contribution in [3.05, 3.63) is 12.7 Å². The van der Waals surface area contributed by atoms with Gasteiger partial charge in [-0.15, -0.1) is 6.58 Å². The van der Waals surface area contributed by atoms with Crippen molar-refractivity contribution in [3.63, 3.8) is 0 Å². The summed E-state index contributed by atoms with van der Waals surface area (Å²) in [6, 6.07) is 0. The van der Waals surface area contributed by atoms with Crippen LogP contribution < -0.4 is 0 Å². The Morgan fingerprint density at radius 2 is 1.54 bits per heavy atom. The number of hydrogen-bond acceptors (Lipinski definition) is 2. The summed E-state index contributed by atoms with van der Waals surface area (Å²) in [5, 5.41) is 22.1. The van der Waals surface area contributed by atoms with Gasteiger partial charge in [-0.05, 0) is 105 Å². The molecule has 2 N–H and O–H groups in total. The second-order valence-corrected chi connectivity index (χ2v) is 12.3. The minimum absolute atomic E-state index is 0.135. The lowest BCUT2D eigenvalue weighted by Crippen LogP contribution is -2.63. The first-order valence-corrected chi connectivity index (χ1v) is 12.2. The van der Waals surface area contributed by atoms with E-state index in [4.69, 9.17) is 0 Å². The van der Waals surface area contributed by atoms with E-state index in [2.05, 4.69) is 33.4 Å². The van der Waals surface area contributed by atoms with Gasteiger partial charge < -0.3 is 10.2 Å². The Labute approximate surface area is 172 Å². The second kappa shape index (κ2) is 6.10. The topological polar surface area (TPSA) is 40.5 Å². The molecule has 5 fully saturated rings. The summed E-state index contributed by atoms with van der Waals surface area (Å²) in [5.41, 5.74) is 0.275. The van der Waals surface area contributed by atoms with Gasteiger partial charge in [-0.25, -0.2) is 0 Å². The molecule has 5 aliphatic carbocycles. The first kappa shape index (κ1) is 19.6. The van der Waals surface area contributed by atoms with Gasteiger partial charge in [0.1, 0.15) is 0 Å². The van der Waals surface area contributed by atoms with Crippen molar-refractivity contribution in [3.8, 4) is 0 Å². The van der Waals surface area contributed by atoms with E-state index in [1.807, 2.05) is 0 Å². The van der Waals surface area contributed by atoms with E-state index in [-0.39, 0.29) is 17.1 Å². The smallest absolute Gasteiger partial charge is 0.0678 e. The maximum absolute atomic E-state index is 11.3. The molecular formula is C26H42O2. The number of fused-ring (bicyclic) bond motifs is 7. The fraction of sp³-hybridized carbons (Fsp3) is 0.923. The van der Waals surface area contributed by atoms with Crippen molar-refractivity contribution >= 4 is 0 Å². The molecule has 10 atom stereocenters. The molecule has 2 nitrogen and oxygen atoms in total. The second-order valence-electron chi connectivity index (χ2n) is 12.3. The third kappa shape index (κ3) is 2.28. The maximum atomic E-state index is 11.3. The molecule has 5 aliphatic rings. The van der Waals surface area contributed by atoms with Crippen LogP contribution in [0.4, 0.5) is 0 Å². The fourth-order valence-corrected chi connectivity index (χ4v) is 10.2. The molecule has 0 amide bonds. The molecule has 0 aliphatic heterocycles. The molecule has 0 aromatic rings.